The summed E-state index contributed by atoms with van der Waals surface area (Å²) in [7, 11) is 1.42. The van der Waals surface area contributed by atoms with E-state index in [1.807, 2.05) is 17.5 Å². The second-order valence-corrected chi connectivity index (χ2v) is 9.10. The van der Waals surface area contributed by atoms with Gasteiger partial charge >= 0.3 is 0 Å². The molecule has 1 fully saturated rings. The van der Waals surface area contributed by atoms with Crippen molar-refractivity contribution in [2.75, 3.05) is 20.2 Å². The first-order valence-corrected chi connectivity index (χ1v) is 12.4. The minimum absolute atomic E-state index is 0.0884. The molecule has 2 heterocycles. The molecule has 35 heavy (non-hydrogen) atoms. The number of aromatic nitrogens is 1. The predicted octanol–water partition coefficient (Wildman–Crippen LogP) is 4.55. The number of ether oxygens (including phenoxy) is 2. The number of carbonyl (C=O) groups excluding carboxylic acids is 1. The fourth-order valence-electron chi connectivity index (χ4n) is 4.03. The lowest BCUT2D eigenvalue weighted by molar-refractivity contribution is -0.385. The maximum absolute atomic E-state index is 12.9. The number of thiazole rings is 1. The number of hydrogen-bond donors (Lipinski definition) is 1. The summed E-state index contributed by atoms with van der Waals surface area (Å²) in [6.07, 6.45) is 3.81. The van der Waals surface area contributed by atoms with Crippen molar-refractivity contribution in [2.45, 2.75) is 39.0 Å². The van der Waals surface area contributed by atoms with Gasteiger partial charge in [-0.25, -0.2) is 4.98 Å². The van der Waals surface area contributed by atoms with E-state index in [1.165, 1.54) is 55.4 Å². The zero-order valence-corrected chi connectivity index (χ0v) is 20.4. The highest BCUT2D eigenvalue weighted by atomic mass is 32.1. The molecular weight excluding hydrogens is 468 g/mol. The van der Waals surface area contributed by atoms with Crippen LogP contribution in [-0.4, -0.2) is 40.9 Å². The number of methoxy groups -OCH3 is 1. The van der Waals surface area contributed by atoms with Gasteiger partial charge < -0.3 is 14.8 Å². The first kappa shape index (κ1) is 24.6. The predicted molar refractivity (Wildman–Crippen MR) is 133 cm³/mol. The van der Waals surface area contributed by atoms with Crippen molar-refractivity contribution >= 4 is 22.9 Å². The summed E-state index contributed by atoms with van der Waals surface area (Å²) in [5.74, 6) is -0.149. The second-order valence-electron chi connectivity index (χ2n) is 8.38. The van der Waals surface area contributed by atoms with Gasteiger partial charge in [0.15, 0.2) is 11.5 Å². The smallest absolute Gasteiger partial charge is 0.286 e. The van der Waals surface area contributed by atoms with Crippen LogP contribution in [0.3, 0.4) is 0 Å². The quantitative estimate of drug-likeness (QED) is 0.324. The van der Waals surface area contributed by atoms with Crippen molar-refractivity contribution in [1.29, 1.82) is 0 Å². The van der Waals surface area contributed by atoms with Crippen molar-refractivity contribution < 1.29 is 19.2 Å². The van der Waals surface area contributed by atoms with Gasteiger partial charge in [0.1, 0.15) is 12.2 Å². The Morgan fingerprint density at radius 3 is 2.54 bits per heavy atom. The molecule has 0 atom stereocenters. The average molecular weight is 497 g/mol. The molecule has 1 N–H and O–H groups in total. The van der Waals surface area contributed by atoms with E-state index < -0.39 is 10.8 Å². The SMILES string of the molecule is COc1cc(C(=O)NCc2ccc(CN3CCCCC3)cc2)c([N+](=O)[O-])cc1OCc1cscn1. The Labute approximate surface area is 207 Å². The van der Waals surface area contributed by atoms with Crippen LogP contribution in [0.2, 0.25) is 0 Å². The molecule has 0 unspecified atom stereocenters. The van der Waals surface area contributed by atoms with Gasteiger partial charge in [-0.15, -0.1) is 11.3 Å². The van der Waals surface area contributed by atoms with E-state index in [4.69, 9.17) is 9.47 Å². The summed E-state index contributed by atoms with van der Waals surface area (Å²) in [5, 5.41) is 16.3. The number of amides is 1. The third kappa shape index (κ3) is 6.55. The number of nitro groups is 1. The van der Waals surface area contributed by atoms with Crippen LogP contribution in [0, 0.1) is 10.1 Å². The van der Waals surface area contributed by atoms with E-state index in [9.17, 15) is 14.9 Å². The Morgan fingerprint density at radius 2 is 1.89 bits per heavy atom. The van der Waals surface area contributed by atoms with Crippen LogP contribution in [0.4, 0.5) is 5.69 Å². The standard InChI is InChI=1S/C25H28N4O5S/c1-33-23-11-21(22(29(31)32)12-24(23)34-15-20-16-35-17-27-20)25(30)26-13-18-5-7-19(8-6-18)14-28-9-3-2-4-10-28/h5-8,11-12,16-17H,2-4,9-10,13-15H2,1H3,(H,26,30). The minimum Gasteiger partial charge on any atom is -0.493 e. The van der Waals surface area contributed by atoms with Gasteiger partial charge in [0, 0.05) is 24.5 Å². The van der Waals surface area contributed by atoms with E-state index in [-0.39, 0.29) is 35.9 Å². The first-order chi connectivity index (χ1) is 17.0. The number of likely N-dealkylation sites (tertiary alicyclic amines) is 1. The van der Waals surface area contributed by atoms with Crippen LogP contribution in [-0.2, 0) is 19.7 Å². The molecule has 10 heteroatoms. The Hall–Kier alpha value is -3.50. The van der Waals surface area contributed by atoms with Crippen LogP contribution < -0.4 is 14.8 Å². The van der Waals surface area contributed by atoms with Crippen LogP contribution in [0.1, 0.15) is 46.4 Å². The van der Waals surface area contributed by atoms with Crippen LogP contribution in [0.25, 0.3) is 0 Å². The Balaban J connectivity index is 1.41. The fourth-order valence-corrected chi connectivity index (χ4v) is 4.57. The van der Waals surface area contributed by atoms with Crippen LogP contribution in [0.15, 0.2) is 47.3 Å². The van der Waals surface area contributed by atoms with Crippen molar-refractivity contribution in [3.63, 3.8) is 0 Å². The highest BCUT2D eigenvalue weighted by Crippen LogP contribution is 2.35. The summed E-state index contributed by atoms with van der Waals surface area (Å²) < 4.78 is 11.0. The highest BCUT2D eigenvalue weighted by Gasteiger charge is 2.25. The number of nitro benzene ring substituents is 1. The Morgan fingerprint density at radius 1 is 1.14 bits per heavy atom. The number of carbonyl (C=O) groups is 1. The summed E-state index contributed by atoms with van der Waals surface area (Å²) in [5.41, 5.74) is 4.08. The molecular formula is C25H28N4O5S. The first-order valence-electron chi connectivity index (χ1n) is 11.5. The van der Waals surface area contributed by atoms with E-state index in [1.54, 1.807) is 5.51 Å². The van der Waals surface area contributed by atoms with Crippen molar-refractivity contribution in [3.05, 3.63) is 79.8 Å². The molecule has 3 aromatic rings. The van der Waals surface area contributed by atoms with Gasteiger partial charge in [0.2, 0.25) is 0 Å². The normalized spacial score (nSPS) is 13.9. The highest BCUT2D eigenvalue weighted by molar-refractivity contribution is 7.07. The second kappa shape index (κ2) is 11.8. The molecule has 1 aromatic heterocycles. The maximum Gasteiger partial charge on any atom is 0.286 e. The maximum atomic E-state index is 12.9. The van der Waals surface area contributed by atoms with Crippen molar-refractivity contribution in [2.24, 2.45) is 0 Å². The molecule has 1 aliphatic rings. The fraction of sp³-hybridized carbons (Fsp3) is 0.360. The molecule has 184 valence electrons. The molecule has 0 aliphatic carbocycles. The molecule has 0 radical (unpaired) electrons. The molecule has 1 aliphatic heterocycles. The number of nitrogens with zero attached hydrogens (tertiary/aromatic N) is 3. The molecule has 0 spiro atoms. The Bertz CT molecular complexity index is 1150. The lowest BCUT2D eigenvalue weighted by atomic mass is 10.1. The minimum atomic E-state index is -0.598. The van der Waals surface area contributed by atoms with E-state index in [0.29, 0.717) is 5.69 Å². The molecule has 1 amide bonds. The van der Waals surface area contributed by atoms with Gasteiger partial charge in [-0.05, 0) is 37.1 Å². The number of piperidine rings is 1. The number of rotatable bonds is 10. The van der Waals surface area contributed by atoms with Crippen LogP contribution >= 0.6 is 11.3 Å². The summed E-state index contributed by atoms with van der Waals surface area (Å²) in [6.45, 7) is 3.58. The third-order valence-electron chi connectivity index (χ3n) is 5.91. The number of nitrogens with one attached hydrogen (secondary N) is 1. The number of benzene rings is 2. The van der Waals surface area contributed by atoms with Gasteiger partial charge in [0.25, 0.3) is 11.6 Å². The Kier molecular flexibility index (Phi) is 8.27. The molecule has 1 saturated heterocycles. The third-order valence-corrected chi connectivity index (χ3v) is 6.55. The molecule has 4 rings (SSSR count). The molecule has 2 aromatic carbocycles. The van der Waals surface area contributed by atoms with E-state index >= 15 is 0 Å². The largest absolute Gasteiger partial charge is 0.493 e. The van der Waals surface area contributed by atoms with Crippen molar-refractivity contribution in [3.8, 4) is 11.5 Å². The van der Waals surface area contributed by atoms with Crippen LogP contribution in [0.5, 0.6) is 11.5 Å². The van der Waals surface area contributed by atoms with E-state index in [0.717, 1.165) is 25.2 Å². The topological polar surface area (TPSA) is 107 Å². The summed E-state index contributed by atoms with van der Waals surface area (Å²) in [4.78, 5) is 30.6. The lowest BCUT2D eigenvalue weighted by Gasteiger charge is -2.26. The lowest BCUT2D eigenvalue weighted by Crippen LogP contribution is -2.29. The molecule has 0 saturated carbocycles. The average Bonchev–Trinajstić information content (AvgIpc) is 3.40. The zero-order chi connectivity index (χ0) is 24.6. The summed E-state index contributed by atoms with van der Waals surface area (Å²) >= 11 is 1.43. The van der Waals surface area contributed by atoms with Gasteiger partial charge in [-0.2, -0.15) is 0 Å². The van der Waals surface area contributed by atoms with Crippen molar-refractivity contribution in [1.82, 2.24) is 15.2 Å². The number of hydrogen-bond acceptors (Lipinski definition) is 8. The van der Waals surface area contributed by atoms with Gasteiger partial charge in [-0.1, -0.05) is 30.7 Å². The monoisotopic (exact) mass is 496 g/mol. The molecule has 9 nitrogen and oxygen atoms in total. The van der Waals surface area contributed by atoms with Gasteiger partial charge in [0.05, 0.1) is 29.3 Å². The summed E-state index contributed by atoms with van der Waals surface area (Å²) in [6, 6.07) is 10.6. The zero-order valence-electron chi connectivity index (χ0n) is 19.6. The van der Waals surface area contributed by atoms with Gasteiger partial charge in [-0.3, -0.25) is 19.8 Å². The molecule has 0 bridgehead atoms. The van der Waals surface area contributed by atoms with E-state index in [2.05, 4.69) is 27.3 Å².